The number of piperidine rings is 1. The van der Waals surface area contributed by atoms with Gasteiger partial charge in [-0.2, -0.15) is 4.31 Å². The Kier molecular flexibility index (Phi) is 7.71. The molecule has 1 unspecified atom stereocenters. The first-order valence-electron chi connectivity index (χ1n) is 13.1. The first-order valence-corrected chi connectivity index (χ1v) is 14.8. The van der Waals surface area contributed by atoms with Gasteiger partial charge < -0.3 is 5.32 Å². The predicted octanol–water partition coefficient (Wildman–Crippen LogP) is 1.31. The van der Waals surface area contributed by atoms with Gasteiger partial charge in [-0.05, 0) is 37.1 Å². The molecular formula is C27H30FN5O6S. The molecule has 5 rings (SSSR count). The number of fused-ring (bicyclic) bond motifs is 1. The fourth-order valence-corrected chi connectivity index (χ4v) is 6.38. The van der Waals surface area contributed by atoms with Crippen molar-refractivity contribution in [3.8, 4) is 0 Å². The van der Waals surface area contributed by atoms with E-state index < -0.39 is 45.5 Å². The lowest BCUT2D eigenvalue weighted by Gasteiger charge is -2.33. The van der Waals surface area contributed by atoms with Gasteiger partial charge in [-0.1, -0.05) is 18.2 Å². The van der Waals surface area contributed by atoms with Crippen LogP contribution in [-0.4, -0.2) is 84.1 Å². The Morgan fingerprint density at radius 1 is 1.02 bits per heavy atom. The van der Waals surface area contributed by atoms with Crippen molar-refractivity contribution in [2.45, 2.75) is 38.9 Å². The molecule has 2 fully saturated rings. The predicted molar refractivity (Wildman–Crippen MR) is 143 cm³/mol. The van der Waals surface area contributed by atoms with E-state index in [1.165, 1.54) is 16.4 Å². The molecule has 4 amide bonds. The summed E-state index contributed by atoms with van der Waals surface area (Å²) in [5.41, 5.74) is 1.71. The number of amides is 4. The van der Waals surface area contributed by atoms with Gasteiger partial charge in [0.1, 0.15) is 11.9 Å². The van der Waals surface area contributed by atoms with Gasteiger partial charge in [0.2, 0.25) is 21.8 Å². The van der Waals surface area contributed by atoms with Crippen molar-refractivity contribution in [2.24, 2.45) is 0 Å². The summed E-state index contributed by atoms with van der Waals surface area (Å²) in [5, 5.41) is 5.22. The van der Waals surface area contributed by atoms with Crippen molar-refractivity contribution in [3.63, 3.8) is 0 Å². The molecule has 0 spiro atoms. The van der Waals surface area contributed by atoms with Crippen LogP contribution in [0.5, 0.6) is 0 Å². The Balaban J connectivity index is 1.23. The van der Waals surface area contributed by atoms with Gasteiger partial charge in [-0.25, -0.2) is 12.8 Å². The second-order valence-electron chi connectivity index (χ2n) is 10.0. The first-order chi connectivity index (χ1) is 19.1. The summed E-state index contributed by atoms with van der Waals surface area (Å²) < 4.78 is 40.6. The number of benzene rings is 2. The molecule has 0 aliphatic carbocycles. The van der Waals surface area contributed by atoms with Gasteiger partial charge in [-0.3, -0.25) is 34.3 Å². The molecule has 1 atom stereocenters. The van der Waals surface area contributed by atoms with Gasteiger partial charge in [0.15, 0.2) is 0 Å². The number of nitrogens with zero attached hydrogens (tertiary/aromatic N) is 3. The highest BCUT2D eigenvalue weighted by Gasteiger charge is 2.45. The zero-order valence-corrected chi connectivity index (χ0v) is 22.8. The molecule has 40 heavy (non-hydrogen) atoms. The highest BCUT2D eigenvalue weighted by molar-refractivity contribution is 7.89. The maximum atomic E-state index is 15.0. The average molecular weight is 572 g/mol. The molecule has 3 aliphatic rings. The molecule has 0 bridgehead atoms. The summed E-state index contributed by atoms with van der Waals surface area (Å²) >= 11 is 0. The van der Waals surface area contributed by atoms with Crippen LogP contribution in [0.2, 0.25) is 0 Å². The summed E-state index contributed by atoms with van der Waals surface area (Å²) in [6.45, 7) is 4.10. The quantitative estimate of drug-likeness (QED) is 0.453. The highest BCUT2D eigenvalue weighted by Crippen LogP contribution is 2.32. The lowest BCUT2D eigenvalue weighted by Crippen LogP contribution is -2.54. The van der Waals surface area contributed by atoms with Gasteiger partial charge in [0.05, 0.1) is 16.9 Å². The summed E-state index contributed by atoms with van der Waals surface area (Å²) in [5.74, 6) is -2.74. The first kappa shape index (κ1) is 27.9. The minimum absolute atomic E-state index is 0.0289. The monoisotopic (exact) mass is 571 g/mol. The SMILES string of the molecule is CCS(=O)(=O)N1CCN(Cc2ccc(CNc3cccc4c3C(=O)N(C3CCC(=O)NC3=O)C4=O)c(F)c2)CC1. The third-order valence-corrected chi connectivity index (χ3v) is 9.43. The van der Waals surface area contributed by atoms with Crippen LogP contribution in [0, 0.1) is 5.82 Å². The topological polar surface area (TPSA) is 136 Å². The number of anilines is 1. The molecule has 13 heteroatoms. The molecule has 0 radical (unpaired) electrons. The maximum absolute atomic E-state index is 15.0. The van der Waals surface area contributed by atoms with Gasteiger partial charge >= 0.3 is 0 Å². The molecule has 3 aliphatic heterocycles. The zero-order chi connectivity index (χ0) is 28.6. The van der Waals surface area contributed by atoms with E-state index in [-0.39, 0.29) is 36.3 Å². The minimum Gasteiger partial charge on any atom is -0.380 e. The van der Waals surface area contributed by atoms with Gasteiger partial charge in [0.25, 0.3) is 11.8 Å². The normalized spacial score (nSPS) is 20.6. The number of hydrogen-bond acceptors (Lipinski definition) is 8. The molecule has 2 aromatic carbocycles. The summed E-state index contributed by atoms with van der Waals surface area (Å²) in [6, 6.07) is 8.56. The van der Waals surface area contributed by atoms with E-state index in [1.807, 2.05) is 6.07 Å². The number of carbonyl (C=O) groups is 4. The van der Waals surface area contributed by atoms with Crippen LogP contribution >= 0.6 is 0 Å². The Hall–Kier alpha value is -3.68. The molecule has 0 saturated carbocycles. The van der Waals surface area contributed by atoms with Gasteiger partial charge in [0, 0.05) is 56.9 Å². The number of halogens is 1. The third kappa shape index (κ3) is 5.36. The van der Waals surface area contributed by atoms with Crippen molar-refractivity contribution in [1.29, 1.82) is 0 Å². The zero-order valence-electron chi connectivity index (χ0n) is 22.0. The molecule has 2 N–H and O–H groups in total. The number of piperazine rings is 1. The van der Waals surface area contributed by atoms with Crippen LogP contribution in [-0.2, 0) is 32.7 Å². The Morgan fingerprint density at radius 3 is 2.45 bits per heavy atom. The Bertz CT molecular complexity index is 1490. The lowest BCUT2D eigenvalue weighted by molar-refractivity contribution is -0.136. The van der Waals surface area contributed by atoms with E-state index >= 15 is 4.39 Å². The van der Waals surface area contributed by atoms with Crippen LogP contribution in [0.25, 0.3) is 0 Å². The number of carbonyl (C=O) groups excluding carboxylic acids is 4. The highest BCUT2D eigenvalue weighted by atomic mass is 32.2. The Morgan fingerprint density at radius 2 is 1.77 bits per heavy atom. The fourth-order valence-electron chi connectivity index (χ4n) is 5.29. The van der Waals surface area contributed by atoms with E-state index in [4.69, 9.17) is 0 Å². The van der Waals surface area contributed by atoms with E-state index in [0.29, 0.717) is 44.0 Å². The van der Waals surface area contributed by atoms with E-state index in [9.17, 15) is 27.6 Å². The Labute approximate surface area is 231 Å². The fraction of sp³-hybridized carbons (Fsp3) is 0.407. The second-order valence-corrected chi connectivity index (χ2v) is 12.3. The summed E-state index contributed by atoms with van der Waals surface area (Å²) in [4.78, 5) is 53.1. The van der Waals surface area contributed by atoms with Crippen molar-refractivity contribution in [1.82, 2.24) is 19.4 Å². The molecule has 212 valence electrons. The van der Waals surface area contributed by atoms with Crippen LogP contribution in [0.15, 0.2) is 36.4 Å². The average Bonchev–Trinajstić information content (AvgIpc) is 3.18. The maximum Gasteiger partial charge on any atom is 0.264 e. The van der Waals surface area contributed by atoms with Crippen molar-refractivity contribution in [2.75, 3.05) is 37.2 Å². The van der Waals surface area contributed by atoms with Crippen LogP contribution < -0.4 is 10.6 Å². The van der Waals surface area contributed by atoms with E-state index in [2.05, 4.69) is 15.5 Å². The number of hydrogen-bond donors (Lipinski definition) is 2. The molecule has 2 saturated heterocycles. The summed E-state index contributed by atoms with van der Waals surface area (Å²) in [7, 11) is -3.22. The molecule has 3 heterocycles. The van der Waals surface area contributed by atoms with Crippen molar-refractivity contribution < 1.29 is 32.0 Å². The van der Waals surface area contributed by atoms with Crippen LogP contribution in [0.3, 0.4) is 0 Å². The molecule has 2 aromatic rings. The minimum atomic E-state index is -3.22. The van der Waals surface area contributed by atoms with E-state index in [0.717, 1.165) is 10.5 Å². The van der Waals surface area contributed by atoms with Crippen molar-refractivity contribution in [3.05, 3.63) is 64.5 Å². The second kappa shape index (κ2) is 11.1. The van der Waals surface area contributed by atoms with Crippen LogP contribution in [0.1, 0.15) is 51.6 Å². The third-order valence-electron chi connectivity index (χ3n) is 7.55. The number of nitrogens with one attached hydrogen (secondary N) is 2. The number of sulfonamides is 1. The van der Waals surface area contributed by atoms with Gasteiger partial charge in [-0.15, -0.1) is 0 Å². The van der Waals surface area contributed by atoms with Crippen molar-refractivity contribution >= 4 is 39.3 Å². The molecular weight excluding hydrogens is 541 g/mol. The largest absolute Gasteiger partial charge is 0.380 e. The van der Waals surface area contributed by atoms with Crippen LogP contribution in [0.4, 0.5) is 10.1 Å². The number of rotatable bonds is 8. The summed E-state index contributed by atoms with van der Waals surface area (Å²) in [6.07, 6.45) is 0.0884. The molecule has 0 aromatic heterocycles. The lowest BCUT2D eigenvalue weighted by atomic mass is 10.0. The molecule has 11 nitrogen and oxygen atoms in total. The van der Waals surface area contributed by atoms with E-state index in [1.54, 1.807) is 25.1 Å². The smallest absolute Gasteiger partial charge is 0.264 e. The number of imide groups is 2. The standard InChI is InChI=1S/C27H30FN5O6S/c1-2-40(38,39)32-12-10-31(11-13-32)16-17-6-7-18(20(28)14-17)15-29-21-5-3-4-19-24(21)27(37)33(26(19)36)22-8-9-23(34)30-25(22)35/h3-7,14,22,29H,2,8-13,15-16H2,1H3,(H,30,34,35).